The molecule has 0 unspecified atom stereocenters. The number of para-hydroxylation sites is 1. The van der Waals surface area contributed by atoms with Crippen LogP contribution >= 0.6 is 12.2 Å². The number of benzene rings is 1. The zero-order valence-electron chi connectivity index (χ0n) is 12.4. The minimum absolute atomic E-state index is 0.0566. The van der Waals surface area contributed by atoms with E-state index >= 15 is 0 Å². The molecule has 1 atom stereocenters. The van der Waals surface area contributed by atoms with Gasteiger partial charge >= 0.3 is 0 Å². The van der Waals surface area contributed by atoms with Gasteiger partial charge in [-0.1, -0.05) is 18.2 Å². The molecule has 0 saturated carbocycles. The Hall–Kier alpha value is -1.86. The summed E-state index contributed by atoms with van der Waals surface area (Å²) in [5, 5.41) is 3.32. The molecule has 7 heteroatoms. The molecule has 3 N–H and O–H groups in total. The van der Waals surface area contributed by atoms with E-state index in [2.05, 4.69) is 16.2 Å². The maximum absolute atomic E-state index is 11.9. The van der Waals surface area contributed by atoms with Crippen molar-refractivity contribution < 1.29 is 14.3 Å². The molecule has 0 aromatic heterocycles. The summed E-state index contributed by atoms with van der Waals surface area (Å²) in [7, 11) is 3.19. The van der Waals surface area contributed by atoms with Crippen molar-refractivity contribution in [2.75, 3.05) is 20.8 Å². The number of thiocarbonyl (C=S) groups is 1. The molecule has 0 fully saturated rings. The van der Waals surface area contributed by atoms with E-state index in [0.29, 0.717) is 17.5 Å². The fraction of sp³-hybridized carbons (Fsp3) is 0.429. The molecule has 0 heterocycles. The first kappa shape index (κ1) is 17.2. The first-order valence-electron chi connectivity index (χ1n) is 6.53. The van der Waals surface area contributed by atoms with Gasteiger partial charge in [0.1, 0.15) is 5.75 Å². The summed E-state index contributed by atoms with van der Waals surface area (Å²) in [5.41, 5.74) is 6.01. The van der Waals surface area contributed by atoms with Crippen LogP contribution < -0.4 is 20.9 Å². The average molecular weight is 311 g/mol. The Morgan fingerprint density at radius 1 is 1.29 bits per heavy atom. The molecule has 1 aromatic rings. The molecule has 1 amide bonds. The van der Waals surface area contributed by atoms with Crippen LogP contribution in [0, 0.1) is 0 Å². The molecule has 0 aliphatic rings. The summed E-state index contributed by atoms with van der Waals surface area (Å²) >= 11 is 5.06. The third kappa shape index (κ3) is 6.42. The van der Waals surface area contributed by atoms with Crippen LogP contribution in [0.5, 0.6) is 5.75 Å². The van der Waals surface area contributed by atoms with E-state index in [1.807, 2.05) is 31.2 Å². The number of rotatable bonds is 6. The van der Waals surface area contributed by atoms with Gasteiger partial charge in [0.2, 0.25) is 5.91 Å². The molecule has 21 heavy (non-hydrogen) atoms. The third-order valence-corrected chi connectivity index (χ3v) is 2.87. The minimum atomic E-state index is -0.206. The number of carbonyl (C=O) groups excluding carboxylic acids is 1. The average Bonchev–Trinajstić information content (AvgIpc) is 2.46. The van der Waals surface area contributed by atoms with Gasteiger partial charge in [0.05, 0.1) is 20.1 Å². The fourth-order valence-corrected chi connectivity index (χ4v) is 2.00. The van der Waals surface area contributed by atoms with Gasteiger partial charge in [-0.15, -0.1) is 0 Å². The molecule has 0 radical (unpaired) electrons. The Kier molecular flexibility index (Phi) is 7.49. The first-order valence-corrected chi connectivity index (χ1v) is 6.93. The number of methoxy groups -OCH3 is 2. The largest absolute Gasteiger partial charge is 0.496 e. The van der Waals surface area contributed by atoms with Gasteiger partial charge in [-0.2, -0.15) is 0 Å². The Labute approximate surface area is 130 Å². The topological polar surface area (TPSA) is 71.6 Å². The molecule has 1 aromatic carbocycles. The van der Waals surface area contributed by atoms with Gasteiger partial charge in [0.15, 0.2) is 5.11 Å². The summed E-state index contributed by atoms with van der Waals surface area (Å²) < 4.78 is 10.2. The van der Waals surface area contributed by atoms with Crippen LogP contribution in [0.2, 0.25) is 0 Å². The van der Waals surface area contributed by atoms with Crippen LogP contribution in [-0.4, -0.2) is 37.9 Å². The highest BCUT2D eigenvalue weighted by atomic mass is 32.1. The molecule has 1 rings (SSSR count). The van der Waals surface area contributed by atoms with Gasteiger partial charge in [-0.3, -0.25) is 15.6 Å². The molecule has 116 valence electrons. The highest BCUT2D eigenvalue weighted by molar-refractivity contribution is 7.80. The Morgan fingerprint density at radius 3 is 2.67 bits per heavy atom. The SMILES string of the molecule is COC[C@@H](C)NC(=S)NNC(=O)Cc1ccccc1OC. The second-order valence-corrected chi connectivity index (χ2v) is 4.90. The molecule has 0 spiro atoms. The molecule has 0 aliphatic carbocycles. The summed E-state index contributed by atoms with van der Waals surface area (Å²) in [6.07, 6.45) is 0.202. The highest BCUT2D eigenvalue weighted by Crippen LogP contribution is 2.17. The second-order valence-electron chi connectivity index (χ2n) is 4.49. The number of carbonyl (C=O) groups is 1. The van der Waals surface area contributed by atoms with Crippen LogP contribution in [-0.2, 0) is 16.0 Å². The zero-order valence-corrected chi connectivity index (χ0v) is 13.3. The molecular weight excluding hydrogens is 290 g/mol. The van der Waals surface area contributed by atoms with E-state index in [1.165, 1.54) is 0 Å². The monoisotopic (exact) mass is 311 g/mol. The van der Waals surface area contributed by atoms with Crippen LogP contribution in [0.1, 0.15) is 12.5 Å². The Morgan fingerprint density at radius 2 is 2.00 bits per heavy atom. The van der Waals surface area contributed by atoms with Gasteiger partial charge < -0.3 is 14.8 Å². The quantitative estimate of drug-likeness (QED) is 0.532. The lowest BCUT2D eigenvalue weighted by molar-refractivity contribution is -0.121. The van der Waals surface area contributed by atoms with Crippen molar-refractivity contribution in [1.29, 1.82) is 0 Å². The van der Waals surface area contributed by atoms with Crippen molar-refractivity contribution in [3.8, 4) is 5.75 Å². The summed E-state index contributed by atoms with van der Waals surface area (Å²) in [5.74, 6) is 0.477. The number of hydrazine groups is 1. The van der Waals surface area contributed by atoms with E-state index in [-0.39, 0.29) is 18.4 Å². The van der Waals surface area contributed by atoms with Gasteiger partial charge in [0.25, 0.3) is 0 Å². The first-order chi connectivity index (χ1) is 10.1. The number of nitrogens with one attached hydrogen (secondary N) is 3. The highest BCUT2D eigenvalue weighted by Gasteiger charge is 2.09. The Balaban J connectivity index is 2.39. The van der Waals surface area contributed by atoms with Gasteiger partial charge in [-0.25, -0.2) is 0 Å². The Bertz CT molecular complexity index is 482. The maximum atomic E-state index is 11.9. The van der Waals surface area contributed by atoms with Crippen LogP contribution in [0.3, 0.4) is 0 Å². The predicted molar refractivity (Wildman–Crippen MR) is 85.0 cm³/mol. The van der Waals surface area contributed by atoms with Crippen molar-refractivity contribution in [1.82, 2.24) is 16.2 Å². The van der Waals surface area contributed by atoms with Gasteiger partial charge in [-0.05, 0) is 25.2 Å². The van der Waals surface area contributed by atoms with Crippen molar-refractivity contribution in [2.24, 2.45) is 0 Å². The van der Waals surface area contributed by atoms with Crippen molar-refractivity contribution in [3.63, 3.8) is 0 Å². The van der Waals surface area contributed by atoms with Crippen molar-refractivity contribution in [3.05, 3.63) is 29.8 Å². The molecule has 0 saturated heterocycles. The zero-order chi connectivity index (χ0) is 15.7. The van der Waals surface area contributed by atoms with Crippen molar-refractivity contribution >= 4 is 23.2 Å². The van der Waals surface area contributed by atoms with Gasteiger partial charge in [0, 0.05) is 18.7 Å². The lowest BCUT2D eigenvalue weighted by Crippen LogP contribution is -2.50. The minimum Gasteiger partial charge on any atom is -0.496 e. The lowest BCUT2D eigenvalue weighted by Gasteiger charge is -2.16. The van der Waals surface area contributed by atoms with Crippen LogP contribution in [0.4, 0.5) is 0 Å². The summed E-state index contributed by atoms with van der Waals surface area (Å²) in [6, 6.07) is 7.43. The van der Waals surface area contributed by atoms with E-state index < -0.39 is 0 Å². The van der Waals surface area contributed by atoms with Crippen LogP contribution in [0.15, 0.2) is 24.3 Å². The second kappa shape index (κ2) is 9.15. The van der Waals surface area contributed by atoms with E-state index in [4.69, 9.17) is 21.7 Å². The third-order valence-electron chi connectivity index (χ3n) is 2.65. The summed E-state index contributed by atoms with van der Waals surface area (Å²) in [6.45, 7) is 2.45. The van der Waals surface area contributed by atoms with E-state index in [0.717, 1.165) is 5.56 Å². The molecular formula is C14H21N3O3S. The number of hydrogen-bond donors (Lipinski definition) is 3. The maximum Gasteiger partial charge on any atom is 0.242 e. The molecule has 0 bridgehead atoms. The molecule has 0 aliphatic heterocycles. The fourth-order valence-electron chi connectivity index (χ4n) is 1.74. The van der Waals surface area contributed by atoms with Crippen LogP contribution in [0.25, 0.3) is 0 Å². The smallest absolute Gasteiger partial charge is 0.242 e. The predicted octanol–water partition coefficient (Wildman–Crippen LogP) is 0.768. The standard InChI is InChI=1S/C14H21N3O3S/c1-10(9-19-2)15-14(21)17-16-13(18)8-11-6-4-5-7-12(11)20-3/h4-7,10H,8-9H2,1-3H3,(H,16,18)(H2,15,17,21)/t10-/m1/s1. The number of amides is 1. The van der Waals surface area contributed by atoms with E-state index in [1.54, 1.807) is 14.2 Å². The summed E-state index contributed by atoms with van der Waals surface area (Å²) in [4.78, 5) is 11.9. The van der Waals surface area contributed by atoms with E-state index in [9.17, 15) is 4.79 Å². The normalized spacial score (nSPS) is 11.4. The molecule has 6 nitrogen and oxygen atoms in total. The van der Waals surface area contributed by atoms with Crippen molar-refractivity contribution in [2.45, 2.75) is 19.4 Å². The lowest BCUT2D eigenvalue weighted by atomic mass is 10.1. The number of ether oxygens (including phenoxy) is 2. The number of hydrogen-bond acceptors (Lipinski definition) is 4.